The number of halogens is 1. The van der Waals surface area contributed by atoms with Crippen molar-refractivity contribution in [3.05, 3.63) is 28.3 Å². The van der Waals surface area contributed by atoms with E-state index in [1.165, 1.54) is 0 Å². The number of aliphatic carboxylic acids is 1. The number of carboxylic acid groups (broad SMARTS) is 1. The van der Waals surface area contributed by atoms with E-state index in [0.717, 1.165) is 11.1 Å². The molecule has 0 aliphatic heterocycles. The molecule has 0 heterocycles. The molecule has 0 amide bonds. The topological polar surface area (TPSA) is 46.5 Å². The number of hydrogen-bond donors (Lipinski definition) is 1. The summed E-state index contributed by atoms with van der Waals surface area (Å²) < 4.78 is 5.69. The summed E-state index contributed by atoms with van der Waals surface area (Å²) in [6, 6.07) is 3.64. The van der Waals surface area contributed by atoms with E-state index >= 15 is 0 Å². The standard InChI is InChI=1S/C13H17ClO3/c1-8-5-10(6-9(2)12(8)14)17-13(3,4)7-11(15)16/h5-6H,7H2,1-4H3,(H,15,16). The maximum Gasteiger partial charge on any atom is 0.307 e. The second-order valence-corrected chi connectivity index (χ2v) is 5.18. The van der Waals surface area contributed by atoms with Crippen LogP contribution in [0.4, 0.5) is 0 Å². The first kappa shape index (κ1) is 13.8. The molecule has 0 radical (unpaired) electrons. The van der Waals surface area contributed by atoms with Gasteiger partial charge < -0.3 is 9.84 Å². The number of aryl methyl sites for hydroxylation is 2. The van der Waals surface area contributed by atoms with Crippen LogP contribution in [0, 0.1) is 13.8 Å². The van der Waals surface area contributed by atoms with Gasteiger partial charge >= 0.3 is 5.97 Å². The molecule has 1 rings (SSSR count). The van der Waals surface area contributed by atoms with Crippen LogP contribution in [0.2, 0.25) is 5.02 Å². The van der Waals surface area contributed by atoms with E-state index < -0.39 is 11.6 Å². The molecule has 0 spiro atoms. The molecular weight excluding hydrogens is 240 g/mol. The van der Waals surface area contributed by atoms with Crippen LogP contribution in [0.5, 0.6) is 5.75 Å². The lowest BCUT2D eigenvalue weighted by Crippen LogP contribution is -2.31. The lowest BCUT2D eigenvalue weighted by molar-refractivity contribution is -0.140. The molecule has 0 unspecified atom stereocenters. The largest absolute Gasteiger partial charge is 0.487 e. The fourth-order valence-electron chi connectivity index (χ4n) is 1.68. The number of benzene rings is 1. The molecule has 4 heteroatoms. The van der Waals surface area contributed by atoms with Crippen LogP contribution in [-0.4, -0.2) is 16.7 Å². The highest BCUT2D eigenvalue weighted by molar-refractivity contribution is 6.32. The summed E-state index contributed by atoms with van der Waals surface area (Å²) in [5.41, 5.74) is 1.11. The van der Waals surface area contributed by atoms with Crippen molar-refractivity contribution in [1.82, 2.24) is 0 Å². The van der Waals surface area contributed by atoms with Crippen molar-refractivity contribution in [2.75, 3.05) is 0 Å². The first-order valence-electron chi connectivity index (χ1n) is 5.39. The second kappa shape index (κ2) is 4.96. The Hall–Kier alpha value is -1.22. The van der Waals surface area contributed by atoms with E-state index in [0.29, 0.717) is 10.8 Å². The minimum atomic E-state index is -0.877. The van der Waals surface area contributed by atoms with E-state index in [1.807, 2.05) is 26.0 Å². The molecule has 1 aromatic carbocycles. The highest BCUT2D eigenvalue weighted by Crippen LogP contribution is 2.28. The summed E-state index contributed by atoms with van der Waals surface area (Å²) in [6.07, 6.45) is -0.0479. The highest BCUT2D eigenvalue weighted by Gasteiger charge is 2.24. The Morgan fingerprint density at radius 3 is 2.24 bits per heavy atom. The molecule has 0 bridgehead atoms. The van der Waals surface area contributed by atoms with Gasteiger partial charge in [0.15, 0.2) is 0 Å². The van der Waals surface area contributed by atoms with E-state index in [1.54, 1.807) is 13.8 Å². The smallest absolute Gasteiger partial charge is 0.307 e. The lowest BCUT2D eigenvalue weighted by Gasteiger charge is -2.25. The first-order valence-corrected chi connectivity index (χ1v) is 5.76. The maximum absolute atomic E-state index is 10.7. The summed E-state index contributed by atoms with van der Waals surface area (Å²) in [4.78, 5) is 10.7. The van der Waals surface area contributed by atoms with E-state index in [2.05, 4.69) is 0 Å². The lowest BCUT2D eigenvalue weighted by atomic mass is 10.0. The van der Waals surface area contributed by atoms with Crippen LogP contribution in [0.15, 0.2) is 12.1 Å². The van der Waals surface area contributed by atoms with Crippen LogP contribution in [0.25, 0.3) is 0 Å². The quantitative estimate of drug-likeness (QED) is 0.896. The molecule has 0 saturated heterocycles. The minimum absolute atomic E-state index is 0.0479. The molecule has 0 saturated carbocycles. The molecule has 94 valence electrons. The minimum Gasteiger partial charge on any atom is -0.487 e. The van der Waals surface area contributed by atoms with Crippen molar-refractivity contribution in [3.63, 3.8) is 0 Å². The predicted octanol–water partition coefficient (Wildman–Crippen LogP) is 3.59. The van der Waals surface area contributed by atoms with E-state index in [-0.39, 0.29) is 6.42 Å². The highest BCUT2D eigenvalue weighted by atomic mass is 35.5. The number of ether oxygens (including phenoxy) is 1. The average molecular weight is 257 g/mol. The zero-order valence-electron chi connectivity index (χ0n) is 10.5. The van der Waals surface area contributed by atoms with E-state index in [4.69, 9.17) is 21.4 Å². The van der Waals surface area contributed by atoms with Gasteiger partial charge in [0.1, 0.15) is 11.4 Å². The SMILES string of the molecule is Cc1cc(OC(C)(C)CC(=O)O)cc(C)c1Cl. The molecular formula is C13H17ClO3. The molecule has 0 aromatic heterocycles. The van der Waals surface area contributed by atoms with Crippen molar-refractivity contribution in [3.8, 4) is 5.75 Å². The Kier molecular flexibility index (Phi) is 4.04. The Balaban J connectivity index is 2.92. The molecule has 0 aliphatic carbocycles. The number of carbonyl (C=O) groups is 1. The van der Waals surface area contributed by atoms with Gasteiger partial charge in [0.05, 0.1) is 6.42 Å². The fourth-order valence-corrected chi connectivity index (χ4v) is 1.79. The van der Waals surface area contributed by atoms with Crippen LogP contribution < -0.4 is 4.74 Å². The Labute approximate surface area is 106 Å². The van der Waals surface area contributed by atoms with Gasteiger partial charge in [-0.3, -0.25) is 4.79 Å². The molecule has 0 fully saturated rings. The molecule has 17 heavy (non-hydrogen) atoms. The predicted molar refractivity (Wildman–Crippen MR) is 67.9 cm³/mol. The summed E-state index contributed by atoms with van der Waals surface area (Å²) in [5, 5.41) is 9.50. The number of hydrogen-bond acceptors (Lipinski definition) is 2. The van der Waals surface area contributed by atoms with Gasteiger partial charge in [-0.2, -0.15) is 0 Å². The van der Waals surface area contributed by atoms with Gasteiger partial charge in [-0.15, -0.1) is 0 Å². The van der Waals surface area contributed by atoms with Crippen LogP contribution in [-0.2, 0) is 4.79 Å². The van der Waals surface area contributed by atoms with Crippen LogP contribution in [0.3, 0.4) is 0 Å². The van der Waals surface area contributed by atoms with Crippen molar-refractivity contribution < 1.29 is 14.6 Å². The first-order chi connectivity index (χ1) is 7.71. The average Bonchev–Trinajstić information content (AvgIpc) is 2.10. The Bertz CT molecular complexity index is 415. The van der Waals surface area contributed by atoms with Gasteiger partial charge in [0.25, 0.3) is 0 Å². The normalized spacial score (nSPS) is 11.4. The van der Waals surface area contributed by atoms with Crippen LogP contribution in [0.1, 0.15) is 31.4 Å². The molecule has 0 atom stereocenters. The molecule has 0 aliphatic rings. The van der Waals surface area contributed by atoms with Gasteiger partial charge in [-0.05, 0) is 51.0 Å². The van der Waals surface area contributed by atoms with Crippen molar-refractivity contribution in [2.45, 2.75) is 39.7 Å². The second-order valence-electron chi connectivity index (χ2n) is 4.80. The molecule has 1 aromatic rings. The zero-order valence-corrected chi connectivity index (χ0v) is 11.3. The summed E-state index contributed by atoms with van der Waals surface area (Å²) >= 11 is 6.06. The Morgan fingerprint density at radius 1 is 1.35 bits per heavy atom. The van der Waals surface area contributed by atoms with Crippen molar-refractivity contribution in [2.24, 2.45) is 0 Å². The third-order valence-corrected chi connectivity index (χ3v) is 2.98. The summed E-state index contributed by atoms with van der Waals surface area (Å²) in [7, 11) is 0. The maximum atomic E-state index is 10.7. The number of rotatable bonds is 4. The van der Waals surface area contributed by atoms with Gasteiger partial charge in [-0.1, -0.05) is 11.6 Å². The summed E-state index contributed by atoms with van der Waals surface area (Å²) in [5.74, 6) is -0.229. The third-order valence-electron chi connectivity index (χ3n) is 2.38. The molecule has 1 N–H and O–H groups in total. The summed E-state index contributed by atoms with van der Waals surface area (Å²) in [6.45, 7) is 7.29. The zero-order chi connectivity index (χ0) is 13.2. The monoisotopic (exact) mass is 256 g/mol. The van der Waals surface area contributed by atoms with Gasteiger partial charge in [-0.25, -0.2) is 0 Å². The fraction of sp³-hybridized carbons (Fsp3) is 0.462. The Morgan fingerprint density at radius 2 is 1.82 bits per heavy atom. The number of carboxylic acids is 1. The van der Waals surface area contributed by atoms with Crippen molar-refractivity contribution in [1.29, 1.82) is 0 Å². The van der Waals surface area contributed by atoms with Gasteiger partial charge in [0, 0.05) is 5.02 Å². The third kappa shape index (κ3) is 3.93. The van der Waals surface area contributed by atoms with Crippen LogP contribution >= 0.6 is 11.6 Å². The van der Waals surface area contributed by atoms with Gasteiger partial charge in [0.2, 0.25) is 0 Å². The molecule has 3 nitrogen and oxygen atoms in total. The van der Waals surface area contributed by atoms with Crippen molar-refractivity contribution >= 4 is 17.6 Å². The van der Waals surface area contributed by atoms with E-state index in [9.17, 15) is 4.79 Å².